The Labute approximate surface area is 110 Å². The first-order valence-electron chi connectivity index (χ1n) is 6.64. The van der Waals surface area contributed by atoms with Gasteiger partial charge in [-0.3, -0.25) is 0 Å². The van der Waals surface area contributed by atoms with Crippen LogP contribution < -0.4 is 4.74 Å². The lowest BCUT2D eigenvalue weighted by Crippen LogP contribution is -1.92. The Morgan fingerprint density at radius 2 is 1.33 bits per heavy atom. The normalized spacial score (nSPS) is 9.28. The Kier molecular flexibility index (Phi) is 6.63. The summed E-state index contributed by atoms with van der Waals surface area (Å²) < 4.78 is 5.41. The predicted molar refractivity (Wildman–Crippen MR) is 78.2 cm³/mol. The maximum absolute atomic E-state index is 5.41. The lowest BCUT2D eigenvalue weighted by Gasteiger charge is -2.05. The Bertz CT molecular complexity index is 417. The van der Waals surface area contributed by atoms with Crippen LogP contribution in [-0.4, -0.2) is 6.61 Å². The van der Waals surface area contributed by atoms with E-state index in [1.165, 1.54) is 11.1 Å². The van der Waals surface area contributed by atoms with Crippen LogP contribution >= 0.6 is 0 Å². The van der Waals surface area contributed by atoms with Crippen molar-refractivity contribution in [1.29, 1.82) is 0 Å². The van der Waals surface area contributed by atoms with E-state index in [-0.39, 0.29) is 0 Å². The number of ether oxygens (including phenoxy) is 1. The van der Waals surface area contributed by atoms with Crippen molar-refractivity contribution in [2.24, 2.45) is 0 Å². The summed E-state index contributed by atoms with van der Waals surface area (Å²) >= 11 is 0. The summed E-state index contributed by atoms with van der Waals surface area (Å²) in [4.78, 5) is 0. The average Bonchev–Trinajstić information content (AvgIpc) is 2.45. The van der Waals surface area contributed by atoms with Gasteiger partial charge >= 0.3 is 0 Å². The van der Waals surface area contributed by atoms with Crippen LogP contribution in [-0.2, 0) is 6.42 Å². The highest BCUT2D eigenvalue weighted by atomic mass is 16.5. The molecule has 0 fully saturated rings. The molecule has 1 nitrogen and oxygen atoms in total. The molecule has 96 valence electrons. The molecule has 0 radical (unpaired) electrons. The van der Waals surface area contributed by atoms with Crippen LogP contribution in [0.4, 0.5) is 0 Å². The minimum absolute atomic E-state index is 0.720. The highest BCUT2D eigenvalue weighted by Gasteiger charge is 1.96. The minimum Gasteiger partial charge on any atom is -0.494 e. The molecular weight excluding hydrogens is 220 g/mol. The van der Waals surface area contributed by atoms with Gasteiger partial charge in [0.05, 0.1) is 6.61 Å². The minimum atomic E-state index is 0.720. The van der Waals surface area contributed by atoms with Gasteiger partial charge in [-0.2, -0.15) is 0 Å². The zero-order valence-electron chi connectivity index (χ0n) is 11.5. The van der Waals surface area contributed by atoms with Gasteiger partial charge in [0, 0.05) is 0 Å². The molecule has 0 spiro atoms. The van der Waals surface area contributed by atoms with E-state index in [0.717, 1.165) is 18.8 Å². The van der Waals surface area contributed by atoms with Crippen molar-refractivity contribution in [3.05, 3.63) is 65.7 Å². The first-order valence-corrected chi connectivity index (χ1v) is 6.64. The van der Waals surface area contributed by atoms with Crippen molar-refractivity contribution in [3.63, 3.8) is 0 Å². The molecule has 0 heterocycles. The van der Waals surface area contributed by atoms with Gasteiger partial charge < -0.3 is 4.74 Å². The van der Waals surface area contributed by atoms with Gasteiger partial charge in [-0.25, -0.2) is 0 Å². The monoisotopic (exact) mass is 242 g/mol. The molecule has 0 amide bonds. The molecule has 1 heteroatoms. The van der Waals surface area contributed by atoms with Crippen LogP contribution in [0.2, 0.25) is 0 Å². The molecule has 0 aliphatic carbocycles. The summed E-state index contributed by atoms with van der Waals surface area (Å²) in [6.07, 6.45) is 0.979. The zero-order valence-corrected chi connectivity index (χ0v) is 11.5. The molecular formula is C17H22O. The van der Waals surface area contributed by atoms with Gasteiger partial charge in [-0.15, -0.1) is 0 Å². The molecule has 2 aromatic carbocycles. The van der Waals surface area contributed by atoms with E-state index < -0.39 is 0 Å². The third kappa shape index (κ3) is 4.62. The fourth-order valence-corrected chi connectivity index (χ4v) is 1.70. The van der Waals surface area contributed by atoms with Crippen LogP contribution in [0.5, 0.6) is 5.75 Å². The van der Waals surface area contributed by atoms with E-state index in [2.05, 4.69) is 36.4 Å². The largest absolute Gasteiger partial charge is 0.494 e. The second-order valence-corrected chi connectivity index (χ2v) is 3.74. The molecule has 0 unspecified atom stereocenters. The van der Waals surface area contributed by atoms with E-state index in [9.17, 15) is 0 Å². The number of hydrogen-bond acceptors (Lipinski definition) is 1. The molecule has 0 aliphatic heterocycles. The molecule has 18 heavy (non-hydrogen) atoms. The zero-order chi connectivity index (χ0) is 13.2. The Hall–Kier alpha value is -1.76. The average molecular weight is 242 g/mol. The van der Waals surface area contributed by atoms with E-state index >= 15 is 0 Å². The Morgan fingerprint density at radius 1 is 0.778 bits per heavy atom. The summed E-state index contributed by atoms with van der Waals surface area (Å²) in [5, 5.41) is 0. The summed E-state index contributed by atoms with van der Waals surface area (Å²) in [7, 11) is 0. The Morgan fingerprint density at radius 3 is 1.89 bits per heavy atom. The number of rotatable bonds is 4. The van der Waals surface area contributed by atoms with Crippen LogP contribution in [0, 0.1) is 0 Å². The van der Waals surface area contributed by atoms with Gasteiger partial charge in [0.15, 0.2) is 0 Å². The van der Waals surface area contributed by atoms with Gasteiger partial charge in [0.1, 0.15) is 5.75 Å². The highest BCUT2D eigenvalue weighted by Crippen LogP contribution is 2.15. The summed E-state index contributed by atoms with van der Waals surface area (Å²) in [6.45, 7) is 6.72. The molecule has 0 N–H and O–H groups in total. The number of benzene rings is 2. The fraction of sp³-hybridized carbons (Fsp3) is 0.294. The van der Waals surface area contributed by atoms with Crippen LogP contribution in [0.3, 0.4) is 0 Å². The summed E-state index contributed by atoms with van der Waals surface area (Å²) in [5.41, 5.74) is 2.65. The van der Waals surface area contributed by atoms with Crippen molar-refractivity contribution < 1.29 is 4.74 Å². The second-order valence-electron chi connectivity index (χ2n) is 3.74. The fourth-order valence-electron chi connectivity index (χ4n) is 1.70. The first-order chi connectivity index (χ1) is 8.88. The first kappa shape index (κ1) is 14.3. The molecule has 0 atom stereocenters. The van der Waals surface area contributed by atoms with Crippen molar-refractivity contribution in [1.82, 2.24) is 0 Å². The SMILES string of the molecule is CC.CCOc1ccc(Cc2ccccc2)cc1. The van der Waals surface area contributed by atoms with Gasteiger partial charge in [0.25, 0.3) is 0 Å². The lowest BCUT2D eigenvalue weighted by molar-refractivity contribution is 0.340. The Balaban J connectivity index is 0.000000771. The van der Waals surface area contributed by atoms with Gasteiger partial charge in [-0.1, -0.05) is 56.3 Å². The topological polar surface area (TPSA) is 9.23 Å². The van der Waals surface area contributed by atoms with Gasteiger partial charge in [-0.05, 0) is 36.6 Å². The lowest BCUT2D eigenvalue weighted by atomic mass is 10.1. The van der Waals surface area contributed by atoms with E-state index in [0.29, 0.717) is 0 Å². The molecule has 2 rings (SSSR count). The molecule has 0 aliphatic rings. The maximum Gasteiger partial charge on any atom is 0.119 e. The van der Waals surface area contributed by atoms with Crippen molar-refractivity contribution >= 4 is 0 Å². The summed E-state index contributed by atoms with van der Waals surface area (Å²) in [6, 6.07) is 18.8. The van der Waals surface area contributed by atoms with E-state index in [4.69, 9.17) is 4.74 Å². The third-order valence-corrected chi connectivity index (χ3v) is 2.49. The molecule has 0 saturated carbocycles. The smallest absolute Gasteiger partial charge is 0.119 e. The van der Waals surface area contributed by atoms with Crippen LogP contribution in [0.15, 0.2) is 54.6 Å². The van der Waals surface area contributed by atoms with Crippen molar-refractivity contribution in [3.8, 4) is 5.75 Å². The molecule has 2 aromatic rings. The van der Waals surface area contributed by atoms with Crippen LogP contribution in [0.1, 0.15) is 31.9 Å². The van der Waals surface area contributed by atoms with Crippen LogP contribution in [0.25, 0.3) is 0 Å². The molecule has 0 aromatic heterocycles. The maximum atomic E-state index is 5.41. The summed E-state index contributed by atoms with van der Waals surface area (Å²) in [5.74, 6) is 0.944. The standard InChI is InChI=1S/C15H16O.C2H6/c1-2-16-15-10-8-14(9-11-15)12-13-6-4-3-5-7-13;1-2/h3-11H,2,12H2,1H3;1-2H3. The van der Waals surface area contributed by atoms with Crippen molar-refractivity contribution in [2.75, 3.05) is 6.61 Å². The van der Waals surface area contributed by atoms with E-state index in [1.807, 2.05) is 39.0 Å². The molecule has 0 bridgehead atoms. The second kappa shape index (κ2) is 8.35. The predicted octanol–water partition coefficient (Wildman–Crippen LogP) is 4.70. The highest BCUT2D eigenvalue weighted by molar-refractivity contribution is 5.31. The third-order valence-electron chi connectivity index (χ3n) is 2.49. The molecule has 0 saturated heterocycles. The quantitative estimate of drug-likeness (QED) is 0.755. The van der Waals surface area contributed by atoms with Crippen molar-refractivity contribution in [2.45, 2.75) is 27.2 Å². The van der Waals surface area contributed by atoms with E-state index in [1.54, 1.807) is 0 Å². The number of hydrogen-bond donors (Lipinski definition) is 0. The van der Waals surface area contributed by atoms with Gasteiger partial charge in [0.2, 0.25) is 0 Å².